The zero-order valence-corrected chi connectivity index (χ0v) is 7.41. The molecule has 0 N–H and O–H groups in total. The Morgan fingerprint density at radius 2 is 2.08 bits per heavy atom. The summed E-state index contributed by atoms with van der Waals surface area (Å²) < 4.78 is 25.4. The predicted octanol–water partition coefficient (Wildman–Crippen LogP) is 3.65. The summed E-state index contributed by atoms with van der Waals surface area (Å²) in [5.41, 5.74) is 0.362. The smallest absolute Gasteiger partial charge is 0.130 e. The van der Waals surface area contributed by atoms with Crippen molar-refractivity contribution in [2.75, 3.05) is 0 Å². The first-order valence-electron chi connectivity index (χ1n) is 3.74. The van der Waals surface area contributed by atoms with E-state index in [1.54, 1.807) is 0 Å². The van der Waals surface area contributed by atoms with Crippen molar-refractivity contribution >= 4 is 11.6 Å². The largest absolute Gasteiger partial charge is 0.207 e. The molecule has 0 unspecified atom stereocenters. The molecule has 1 atom stereocenters. The van der Waals surface area contributed by atoms with Gasteiger partial charge in [-0.1, -0.05) is 13.0 Å². The molecule has 0 heterocycles. The van der Waals surface area contributed by atoms with Crippen LogP contribution in [0.1, 0.15) is 24.3 Å². The average molecular weight is 191 g/mol. The van der Waals surface area contributed by atoms with Gasteiger partial charge in [-0.15, -0.1) is 11.6 Å². The van der Waals surface area contributed by atoms with E-state index in [1.807, 2.05) is 6.92 Å². The van der Waals surface area contributed by atoms with E-state index in [2.05, 4.69) is 0 Å². The lowest BCUT2D eigenvalue weighted by molar-refractivity contribution is 0.569. The summed E-state index contributed by atoms with van der Waals surface area (Å²) in [6.07, 6.45) is 0.629. The molecule has 0 bridgehead atoms. The van der Waals surface area contributed by atoms with Crippen LogP contribution in [0.25, 0.3) is 0 Å². The van der Waals surface area contributed by atoms with Crippen molar-refractivity contribution in [2.24, 2.45) is 0 Å². The van der Waals surface area contributed by atoms with E-state index in [0.717, 1.165) is 6.07 Å². The van der Waals surface area contributed by atoms with Gasteiger partial charge in [0, 0.05) is 11.6 Å². The Labute approximate surface area is 75.2 Å². The maximum Gasteiger partial charge on any atom is 0.130 e. The fourth-order valence-corrected chi connectivity index (χ4v) is 1.15. The molecule has 66 valence electrons. The SMILES string of the molecule is CC[C@@H](Cl)c1ccc(F)cc1F. The van der Waals surface area contributed by atoms with Crippen molar-refractivity contribution in [3.63, 3.8) is 0 Å². The molecule has 0 aliphatic carbocycles. The molecule has 0 fully saturated rings. The highest BCUT2D eigenvalue weighted by molar-refractivity contribution is 6.20. The van der Waals surface area contributed by atoms with Gasteiger partial charge in [0.25, 0.3) is 0 Å². The third kappa shape index (κ3) is 1.95. The molecule has 0 saturated carbocycles. The summed E-state index contributed by atoms with van der Waals surface area (Å²) in [5, 5.41) is -0.370. The van der Waals surface area contributed by atoms with Crippen molar-refractivity contribution in [3.05, 3.63) is 35.4 Å². The number of rotatable bonds is 2. The first kappa shape index (κ1) is 9.46. The van der Waals surface area contributed by atoms with Gasteiger partial charge in [-0.25, -0.2) is 8.78 Å². The van der Waals surface area contributed by atoms with Crippen LogP contribution in [-0.4, -0.2) is 0 Å². The van der Waals surface area contributed by atoms with Gasteiger partial charge in [0.2, 0.25) is 0 Å². The highest BCUT2D eigenvalue weighted by Gasteiger charge is 2.10. The molecule has 0 aromatic heterocycles. The molecule has 1 aromatic carbocycles. The van der Waals surface area contributed by atoms with Gasteiger partial charge in [0.15, 0.2) is 0 Å². The van der Waals surface area contributed by atoms with Crippen molar-refractivity contribution < 1.29 is 8.78 Å². The second-order valence-electron chi connectivity index (χ2n) is 2.54. The van der Waals surface area contributed by atoms with E-state index in [-0.39, 0.29) is 5.38 Å². The molecule has 0 amide bonds. The summed E-state index contributed by atoms with van der Waals surface area (Å²) in [6.45, 7) is 1.85. The molecule has 1 rings (SSSR count). The predicted molar refractivity (Wildman–Crippen MR) is 45.2 cm³/mol. The van der Waals surface area contributed by atoms with Gasteiger partial charge < -0.3 is 0 Å². The molecule has 0 saturated heterocycles. The van der Waals surface area contributed by atoms with Crippen molar-refractivity contribution in [3.8, 4) is 0 Å². The third-order valence-corrected chi connectivity index (χ3v) is 2.20. The molecule has 0 radical (unpaired) electrons. The van der Waals surface area contributed by atoms with Gasteiger partial charge in [0.1, 0.15) is 11.6 Å². The lowest BCUT2D eigenvalue weighted by Crippen LogP contribution is -1.93. The van der Waals surface area contributed by atoms with E-state index in [0.29, 0.717) is 12.0 Å². The molecular weight excluding hydrogens is 182 g/mol. The normalized spacial score (nSPS) is 13.0. The minimum atomic E-state index is -0.573. The van der Waals surface area contributed by atoms with E-state index in [1.165, 1.54) is 12.1 Å². The van der Waals surface area contributed by atoms with Crippen LogP contribution >= 0.6 is 11.6 Å². The van der Waals surface area contributed by atoms with Crippen LogP contribution in [0.3, 0.4) is 0 Å². The maximum atomic E-state index is 13.0. The number of hydrogen-bond donors (Lipinski definition) is 0. The standard InChI is InChI=1S/C9H9ClF2/c1-2-8(10)7-4-3-6(11)5-9(7)12/h3-5,8H,2H2,1H3/t8-/m1/s1. The monoisotopic (exact) mass is 190 g/mol. The first-order chi connectivity index (χ1) is 5.65. The Morgan fingerprint density at radius 3 is 2.58 bits per heavy atom. The summed E-state index contributed by atoms with van der Waals surface area (Å²) in [4.78, 5) is 0. The third-order valence-electron chi connectivity index (χ3n) is 1.66. The van der Waals surface area contributed by atoms with Crippen molar-refractivity contribution in [2.45, 2.75) is 18.7 Å². The number of halogens is 3. The molecule has 3 heteroatoms. The second kappa shape index (κ2) is 3.85. The minimum Gasteiger partial charge on any atom is -0.207 e. The van der Waals surface area contributed by atoms with Crippen LogP contribution in [0.2, 0.25) is 0 Å². The molecule has 0 nitrogen and oxygen atoms in total. The lowest BCUT2D eigenvalue weighted by atomic mass is 10.1. The zero-order chi connectivity index (χ0) is 9.14. The van der Waals surface area contributed by atoms with E-state index in [4.69, 9.17) is 11.6 Å². The summed E-state index contributed by atoms with van der Waals surface area (Å²) in [6, 6.07) is 3.44. The lowest BCUT2D eigenvalue weighted by Gasteiger charge is -2.07. The van der Waals surface area contributed by atoms with Crippen molar-refractivity contribution in [1.29, 1.82) is 0 Å². The molecular formula is C9H9ClF2. The fourth-order valence-electron chi connectivity index (χ4n) is 0.975. The van der Waals surface area contributed by atoms with E-state index >= 15 is 0 Å². The van der Waals surface area contributed by atoms with E-state index in [9.17, 15) is 8.78 Å². The van der Waals surface area contributed by atoms with Crippen LogP contribution in [0.15, 0.2) is 18.2 Å². The molecule has 0 aliphatic rings. The van der Waals surface area contributed by atoms with Crippen LogP contribution < -0.4 is 0 Å². The highest BCUT2D eigenvalue weighted by atomic mass is 35.5. The minimum absolute atomic E-state index is 0.362. The average Bonchev–Trinajstić information content (AvgIpc) is 2.03. The zero-order valence-electron chi connectivity index (χ0n) is 6.65. The molecule has 1 aromatic rings. The number of hydrogen-bond acceptors (Lipinski definition) is 0. The second-order valence-corrected chi connectivity index (χ2v) is 3.07. The summed E-state index contributed by atoms with van der Waals surface area (Å²) >= 11 is 5.79. The summed E-state index contributed by atoms with van der Waals surface area (Å²) in [7, 11) is 0. The fraction of sp³-hybridized carbons (Fsp3) is 0.333. The Morgan fingerprint density at radius 1 is 1.42 bits per heavy atom. The quantitative estimate of drug-likeness (QED) is 0.625. The summed E-state index contributed by atoms with van der Waals surface area (Å²) in [5.74, 6) is -1.15. The molecule has 0 spiro atoms. The topological polar surface area (TPSA) is 0 Å². The number of alkyl halides is 1. The Balaban J connectivity index is 3.01. The Kier molecular flexibility index (Phi) is 3.04. The number of benzene rings is 1. The highest BCUT2D eigenvalue weighted by Crippen LogP contribution is 2.26. The maximum absolute atomic E-state index is 13.0. The van der Waals surface area contributed by atoms with Gasteiger partial charge in [-0.05, 0) is 12.5 Å². The van der Waals surface area contributed by atoms with Crippen LogP contribution in [0.4, 0.5) is 8.78 Å². The van der Waals surface area contributed by atoms with Crippen LogP contribution in [0, 0.1) is 11.6 Å². The van der Waals surface area contributed by atoms with E-state index < -0.39 is 11.6 Å². The Hall–Kier alpha value is -0.630. The Bertz CT molecular complexity index is 273. The van der Waals surface area contributed by atoms with Crippen LogP contribution in [-0.2, 0) is 0 Å². The van der Waals surface area contributed by atoms with Crippen LogP contribution in [0.5, 0.6) is 0 Å². The van der Waals surface area contributed by atoms with Gasteiger partial charge in [0.05, 0.1) is 5.38 Å². The van der Waals surface area contributed by atoms with Gasteiger partial charge in [-0.3, -0.25) is 0 Å². The van der Waals surface area contributed by atoms with Gasteiger partial charge in [-0.2, -0.15) is 0 Å². The molecule has 12 heavy (non-hydrogen) atoms. The van der Waals surface area contributed by atoms with Gasteiger partial charge >= 0.3 is 0 Å². The first-order valence-corrected chi connectivity index (χ1v) is 4.17. The van der Waals surface area contributed by atoms with Crippen molar-refractivity contribution in [1.82, 2.24) is 0 Å². The molecule has 0 aliphatic heterocycles.